The maximum Gasteiger partial charge on any atom is 0.0867 e. The third kappa shape index (κ3) is 6.83. The molecule has 0 unspecified atom stereocenters. The lowest BCUT2D eigenvalue weighted by atomic mass is 9.94. The predicted octanol–water partition coefficient (Wildman–Crippen LogP) is 8.39. The average molecular weight is 573 g/mol. The van der Waals surface area contributed by atoms with E-state index in [4.69, 9.17) is 33.1 Å². The van der Waals surface area contributed by atoms with Crippen molar-refractivity contribution in [2.45, 2.75) is 0 Å². The highest BCUT2D eigenvalue weighted by Crippen LogP contribution is 2.26. The molecule has 44 heavy (non-hydrogen) atoms. The van der Waals surface area contributed by atoms with Crippen molar-refractivity contribution in [2.24, 2.45) is 0 Å². The predicted molar refractivity (Wildman–Crippen MR) is 186 cm³/mol. The van der Waals surface area contributed by atoms with E-state index in [0.29, 0.717) is 11.4 Å². The van der Waals surface area contributed by atoms with Crippen molar-refractivity contribution >= 4 is 46.4 Å². The van der Waals surface area contributed by atoms with Gasteiger partial charge in [-0.2, -0.15) is 0 Å². The monoisotopic (exact) mass is 572 g/mol. The van der Waals surface area contributed by atoms with Gasteiger partial charge >= 0.3 is 0 Å². The van der Waals surface area contributed by atoms with Gasteiger partial charge in [0.1, 0.15) is 0 Å². The molecular formula is C38H32N6. The molecule has 5 aromatic rings. The van der Waals surface area contributed by atoms with Crippen LogP contribution in [0.15, 0.2) is 133 Å². The van der Waals surface area contributed by atoms with Crippen molar-refractivity contribution in [3.8, 4) is 22.3 Å². The summed E-state index contributed by atoms with van der Waals surface area (Å²) >= 11 is 0. The number of anilines is 2. The summed E-state index contributed by atoms with van der Waals surface area (Å²) < 4.78 is 0. The van der Waals surface area contributed by atoms with Gasteiger partial charge in [-0.1, -0.05) is 109 Å². The zero-order valence-corrected chi connectivity index (χ0v) is 24.0. The third-order valence-electron chi connectivity index (χ3n) is 7.23. The number of nitrogens with two attached hydrogens (primary N) is 2. The molecule has 6 nitrogen and oxygen atoms in total. The van der Waals surface area contributed by atoms with Crippen LogP contribution >= 0.6 is 0 Å². The summed E-state index contributed by atoms with van der Waals surface area (Å²) in [7, 11) is 0. The summed E-state index contributed by atoms with van der Waals surface area (Å²) in [4.78, 5) is 0. The Morgan fingerprint density at radius 3 is 0.977 bits per heavy atom. The molecule has 0 fully saturated rings. The van der Waals surface area contributed by atoms with Crippen molar-refractivity contribution in [1.82, 2.24) is 0 Å². The van der Waals surface area contributed by atoms with Gasteiger partial charge in [-0.3, -0.25) is 21.6 Å². The van der Waals surface area contributed by atoms with Crippen LogP contribution in [0.2, 0.25) is 0 Å². The van der Waals surface area contributed by atoms with Crippen LogP contribution in [0.1, 0.15) is 22.3 Å². The molecule has 0 atom stereocenters. The van der Waals surface area contributed by atoms with E-state index in [9.17, 15) is 0 Å². The van der Waals surface area contributed by atoms with E-state index in [0.717, 1.165) is 33.6 Å². The maximum absolute atomic E-state index is 7.60. The molecule has 0 aromatic heterocycles. The van der Waals surface area contributed by atoms with E-state index >= 15 is 0 Å². The zero-order chi connectivity index (χ0) is 31.1. The van der Waals surface area contributed by atoms with Gasteiger partial charge in [0.05, 0.1) is 22.8 Å². The van der Waals surface area contributed by atoms with Gasteiger partial charge < -0.3 is 11.5 Å². The van der Waals surface area contributed by atoms with Crippen molar-refractivity contribution in [2.75, 3.05) is 11.5 Å². The number of hydrogen-bond donors (Lipinski definition) is 6. The second-order valence-electron chi connectivity index (χ2n) is 10.2. The Morgan fingerprint density at radius 1 is 0.341 bits per heavy atom. The van der Waals surface area contributed by atoms with E-state index < -0.39 is 0 Å². The molecule has 5 aromatic carbocycles. The normalized spacial score (nSPS) is 12.7. The Kier molecular flexibility index (Phi) is 8.83. The van der Waals surface area contributed by atoms with Gasteiger partial charge in [-0.25, -0.2) is 0 Å². The molecule has 214 valence electrons. The van der Waals surface area contributed by atoms with Crippen LogP contribution in [-0.2, 0) is 0 Å². The van der Waals surface area contributed by atoms with E-state index in [1.807, 2.05) is 109 Å². The van der Waals surface area contributed by atoms with Gasteiger partial charge in [0, 0.05) is 22.5 Å². The van der Waals surface area contributed by atoms with Crippen LogP contribution in [0.4, 0.5) is 11.4 Å². The molecule has 0 bridgehead atoms. The van der Waals surface area contributed by atoms with Gasteiger partial charge in [0.25, 0.3) is 0 Å². The van der Waals surface area contributed by atoms with Crippen LogP contribution in [0.3, 0.4) is 0 Å². The van der Waals surface area contributed by atoms with Crippen molar-refractivity contribution in [3.05, 3.63) is 156 Å². The standard InChI is InChI=1S/C18H16N2.2C10H8N2/c19-17-9-5-15(6-10-17)13-1-2-14(4-3-13)16-7-11-18(20)12-8-16;2*11-9-6-5-7-3-1-2-4-8(7)10(9)12/h1-12H,19-20H2;2*1-6,11-12H. The summed E-state index contributed by atoms with van der Waals surface area (Å²) in [5, 5.41) is 30.0. The Balaban J connectivity index is 0.000000138. The number of allylic oxidation sites excluding steroid dienone is 2. The summed E-state index contributed by atoms with van der Waals surface area (Å²) in [5.74, 6) is 0. The lowest BCUT2D eigenvalue weighted by Crippen LogP contribution is -2.15. The molecule has 0 aliphatic heterocycles. The van der Waals surface area contributed by atoms with E-state index in [-0.39, 0.29) is 11.4 Å². The number of rotatable bonds is 2. The number of benzene rings is 5. The first-order chi connectivity index (χ1) is 21.3. The smallest absolute Gasteiger partial charge is 0.0867 e. The Hall–Kier alpha value is -6.14. The minimum absolute atomic E-state index is 0.286. The molecule has 6 heteroatoms. The number of hydrogen-bond acceptors (Lipinski definition) is 6. The minimum Gasteiger partial charge on any atom is -0.399 e. The molecular weight excluding hydrogens is 540 g/mol. The van der Waals surface area contributed by atoms with Crippen LogP contribution in [-0.4, -0.2) is 22.8 Å². The fourth-order valence-corrected chi connectivity index (χ4v) is 4.75. The fraction of sp³-hybridized carbons (Fsp3) is 0. The lowest BCUT2D eigenvalue weighted by Gasteiger charge is -2.10. The quantitative estimate of drug-likeness (QED) is 0.118. The minimum atomic E-state index is 0.286. The van der Waals surface area contributed by atoms with Crippen LogP contribution in [0, 0.1) is 21.6 Å². The van der Waals surface area contributed by atoms with E-state index in [1.54, 1.807) is 12.2 Å². The Labute approximate surface area is 257 Å². The molecule has 2 aliphatic rings. The molecule has 7 rings (SSSR count). The molecule has 0 amide bonds. The average Bonchev–Trinajstić information content (AvgIpc) is 3.06. The Bertz CT molecular complexity index is 1770. The summed E-state index contributed by atoms with van der Waals surface area (Å²) in [6.07, 6.45) is 7.06. The molecule has 0 heterocycles. The third-order valence-corrected chi connectivity index (χ3v) is 7.23. The summed E-state index contributed by atoms with van der Waals surface area (Å²) in [5.41, 5.74) is 22.6. The lowest BCUT2D eigenvalue weighted by molar-refractivity contribution is 1.45. The summed E-state index contributed by atoms with van der Waals surface area (Å²) in [6, 6.07) is 39.6. The molecule has 0 radical (unpaired) electrons. The largest absolute Gasteiger partial charge is 0.399 e. The van der Waals surface area contributed by atoms with E-state index in [1.165, 1.54) is 22.3 Å². The van der Waals surface area contributed by atoms with Gasteiger partial charge in [0.15, 0.2) is 0 Å². The molecule has 0 saturated carbocycles. The highest BCUT2D eigenvalue weighted by molar-refractivity contribution is 6.52. The van der Waals surface area contributed by atoms with Crippen molar-refractivity contribution in [1.29, 1.82) is 21.6 Å². The van der Waals surface area contributed by atoms with Gasteiger partial charge in [-0.15, -0.1) is 0 Å². The highest BCUT2D eigenvalue weighted by Gasteiger charge is 2.13. The maximum atomic E-state index is 7.60. The topological polar surface area (TPSA) is 147 Å². The molecule has 2 aliphatic carbocycles. The van der Waals surface area contributed by atoms with Crippen LogP contribution < -0.4 is 11.5 Å². The molecule has 0 saturated heterocycles. The number of fused-ring (bicyclic) bond motifs is 2. The summed E-state index contributed by atoms with van der Waals surface area (Å²) in [6.45, 7) is 0. The highest BCUT2D eigenvalue weighted by atomic mass is 14.5. The fourth-order valence-electron chi connectivity index (χ4n) is 4.75. The van der Waals surface area contributed by atoms with Crippen molar-refractivity contribution in [3.63, 3.8) is 0 Å². The van der Waals surface area contributed by atoms with Gasteiger partial charge in [-0.05, 0) is 69.8 Å². The van der Waals surface area contributed by atoms with Crippen LogP contribution in [0.5, 0.6) is 0 Å². The van der Waals surface area contributed by atoms with E-state index in [2.05, 4.69) is 24.3 Å². The SMILES string of the molecule is N=C1C=Cc2ccccc2C1=N.N=C1C=Cc2ccccc2C1=N.Nc1ccc(-c2ccc(-c3ccc(N)cc3)cc2)cc1. The second kappa shape index (κ2) is 13.2. The first-order valence-corrected chi connectivity index (χ1v) is 14.0. The van der Waals surface area contributed by atoms with Crippen molar-refractivity contribution < 1.29 is 0 Å². The molecule has 8 N–H and O–H groups in total. The first-order valence-electron chi connectivity index (χ1n) is 14.0. The van der Waals surface area contributed by atoms with Crippen LogP contribution in [0.25, 0.3) is 34.4 Å². The van der Waals surface area contributed by atoms with Gasteiger partial charge in [0.2, 0.25) is 0 Å². The number of nitrogen functional groups attached to an aromatic ring is 2. The zero-order valence-electron chi connectivity index (χ0n) is 24.0. The second-order valence-corrected chi connectivity index (χ2v) is 10.2. The number of nitrogens with one attached hydrogen (secondary N) is 4. The Morgan fingerprint density at radius 2 is 0.636 bits per heavy atom. The first kappa shape index (κ1) is 29.4. The molecule has 0 spiro atoms.